The molecule has 0 aliphatic carbocycles. The van der Waals surface area contributed by atoms with Crippen LogP contribution >= 0.6 is 0 Å². The third-order valence-corrected chi connectivity index (χ3v) is 3.51. The summed E-state index contributed by atoms with van der Waals surface area (Å²) >= 11 is 0. The molecule has 2 aliphatic rings. The van der Waals surface area contributed by atoms with Crippen LogP contribution in [0.15, 0.2) is 18.7 Å². The number of anilines is 1. The molecule has 3 heterocycles. The van der Waals surface area contributed by atoms with E-state index in [4.69, 9.17) is 0 Å². The Labute approximate surface area is 93.9 Å². The molecule has 2 aliphatic heterocycles. The maximum absolute atomic E-state index is 12.0. The molecule has 84 valence electrons. The van der Waals surface area contributed by atoms with E-state index < -0.39 is 0 Å². The van der Waals surface area contributed by atoms with Crippen molar-refractivity contribution in [2.24, 2.45) is 5.41 Å². The molecule has 16 heavy (non-hydrogen) atoms. The van der Waals surface area contributed by atoms with Gasteiger partial charge in [-0.2, -0.15) is 0 Å². The number of hydrogen-bond acceptors (Lipinski definition) is 4. The van der Waals surface area contributed by atoms with Crippen LogP contribution < -0.4 is 10.2 Å². The van der Waals surface area contributed by atoms with Crippen molar-refractivity contribution in [2.75, 3.05) is 24.5 Å². The topological polar surface area (TPSA) is 58.1 Å². The highest BCUT2D eigenvalue weighted by atomic mass is 16.2. The normalized spacial score (nSPS) is 29.2. The van der Waals surface area contributed by atoms with Crippen LogP contribution in [-0.4, -0.2) is 35.5 Å². The van der Waals surface area contributed by atoms with Crippen molar-refractivity contribution in [3.8, 4) is 0 Å². The number of rotatable bonds is 1. The molecule has 0 aromatic carbocycles. The molecular formula is C11H14N4O. The predicted molar refractivity (Wildman–Crippen MR) is 58.9 cm³/mol. The lowest BCUT2D eigenvalue weighted by Crippen LogP contribution is -2.30. The average molecular weight is 218 g/mol. The van der Waals surface area contributed by atoms with Crippen molar-refractivity contribution in [3.63, 3.8) is 0 Å². The third kappa shape index (κ3) is 1.48. The van der Waals surface area contributed by atoms with E-state index in [0.29, 0.717) is 6.42 Å². The summed E-state index contributed by atoms with van der Waals surface area (Å²) in [5.41, 5.74) is 0.962. The van der Waals surface area contributed by atoms with Gasteiger partial charge in [-0.25, -0.2) is 9.97 Å². The fourth-order valence-corrected chi connectivity index (χ4v) is 2.64. The summed E-state index contributed by atoms with van der Waals surface area (Å²) < 4.78 is 0. The van der Waals surface area contributed by atoms with Crippen molar-refractivity contribution in [1.82, 2.24) is 15.3 Å². The van der Waals surface area contributed by atoms with Gasteiger partial charge in [0.2, 0.25) is 5.91 Å². The van der Waals surface area contributed by atoms with Crippen LogP contribution in [-0.2, 0) is 4.79 Å². The molecular weight excluding hydrogens is 204 g/mol. The summed E-state index contributed by atoms with van der Waals surface area (Å²) in [7, 11) is 0. The fraction of sp³-hybridized carbons (Fsp3) is 0.545. The first kappa shape index (κ1) is 9.72. The molecule has 5 heteroatoms. The van der Waals surface area contributed by atoms with E-state index in [0.717, 1.165) is 31.7 Å². The van der Waals surface area contributed by atoms with Gasteiger partial charge in [0.1, 0.15) is 6.33 Å². The van der Waals surface area contributed by atoms with Crippen LogP contribution in [0.3, 0.4) is 0 Å². The Bertz CT molecular complexity index is 400. The minimum atomic E-state index is 0.146. The molecule has 5 nitrogen and oxygen atoms in total. The lowest BCUT2D eigenvalue weighted by molar-refractivity contribution is -0.117. The van der Waals surface area contributed by atoms with Gasteiger partial charge in [0.05, 0.1) is 18.1 Å². The fourth-order valence-electron chi connectivity index (χ4n) is 2.64. The molecule has 0 radical (unpaired) electrons. The Morgan fingerprint density at radius 1 is 1.38 bits per heavy atom. The summed E-state index contributed by atoms with van der Waals surface area (Å²) in [5.74, 6) is 0.193. The number of amides is 1. The zero-order valence-electron chi connectivity index (χ0n) is 9.02. The van der Waals surface area contributed by atoms with Crippen LogP contribution in [0.2, 0.25) is 0 Å². The zero-order chi connectivity index (χ0) is 11.0. The average Bonchev–Trinajstić information content (AvgIpc) is 2.88. The van der Waals surface area contributed by atoms with Gasteiger partial charge in [0.25, 0.3) is 0 Å². The smallest absolute Gasteiger partial charge is 0.227 e. The maximum Gasteiger partial charge on any atom is 0.227 e. The van der Waals surface area contributed by atoms with Gasteiger partial charge in [-0.05, 0) is 13.0 Å². The van der Waals surface area contributed by atoms with E-state index in [1.807, 2.05) is 4.90 Å². The molecule has 0 unspecified atom stereocenters. The number of carbonyl (C=O) groups excluding carboxylic acids is 1. The highest BCUT2D eigenvalue weighted by molar-refractivity contribution is 5.96. The van der Waals surface area contributed by atoms with Crippen LogP contribution in [0.5, 0.6) is 0 Å². The second-order valence-corrected chi connectivity index (χ2v) is 4.68. The van der Waals surface area contributed by atoms with Gasteiger partial charge < -0.3 is 10.2 Å². The van der Waals surface area contributed by atoms with Crippen LogP contribution in [0.4, 0.5) is 5.69 Å². The summed E-state index contributed by atoms with van der Waals surface area (Å²) in [6.45, 7) is 2.77. The van der Waals surface area contributed by atoms with E-state index in [9.17, 15) is 4.79 Å². The summed E-state index contributed by atoms with van der Waals surface area (Å²) in [5, 5.41) is 3.34. The van der Waals surface area contributed by atoms with Gasteiger partial charge in [-0.1, -0.05) is 0 Å². The maximum atomic E-state index is 12.0. The lowest BCUT2D eigenvalue weighted by atomic mass is 9.86. The van der Waals surface area contributed by atoms with E-state index in [2.05, 4.69) is 15.3 Å². The van der Waals surface area contributed by atoms with E-state index in [-0.39, 0.29) is 11.3 Å². The summed E-state index contributed by atoms with van der Waals surface area (Å²) in [6, 6.07) is 0. The first-order valence-corrected chi connectivity index (χ1v) is 5.55. The molecule has 1 aromatic rings. The van der Waals surface area contributed by atoms with E-state index in [1.54, 1.807) is 12.4 Å². The molecule has 1 spiro atoms. The Balaban J connectivity index is 1.86. The number of aromatic nitrogens is 2. The predicted octanol–water partition coefficient (Wildman–Crippen LogP) is 0.193. The molecule has 2 saturated heterocycles. The highest BCUT2D eigenvalue weighted by Gasteiger charge is 2.45. The minimum absolute atomic E-state index is 0.146. The van der Waals surface area contributed by atoms with Gasteiger partial charge in [0, 0.05) is 24.9 Å². The molecule has 1 aromatic heterocycles. The molecule has 0 saturated carbocycles. The Morgan fingerprint density at radius 3 is 2.88 bits per heavy atom. The monoisotopic (exact) mass is 218 g/mol. The Kier molecular flexibility index (Phi) is 2.14. The van der Waals surface area contributed by atoms with Gasteiger partial charge in [0.15, 0.2) is 0 Å². The van der Waals surface area contributed by atoms with Crippen LogP contribution in [0.1, 0.15) is 12.8 Å². The lowest BCUT2D eigenvalue weighted by Gasteiger charge is -2.21. The second-order valence-electron chi connectivity index (χ2n) is 4.68. The van der Waals surface area contributed by atoms with Crippen molar-refractivity contribution in [2.45, 2.75) is 12.8 Å². The number of hydrogen-bond donors (Lipinski definition) is 1. The third-order valence-electron chi connectivity index (χ3n) is 3.51. The Morgan fingerprint density at radius 2 is 2.19 bits per heavy atom. The molecule has 1 N–H and O–H groups in total. The highest BCUT2D eigenvalue weighted by Crippen LogP contribution is 2.38. The van der Waals surface area contributed by atoms with E-state index >= 15 is 0 Å². The minimum Gasteiger partial charge on any atom is -0.316 e. The Hall–Kier alpha value is -1.49. The second kappa shape index (κ2) is 3.52. The summed E-state index contributed by atoms with van der Waals surface area (Å²) in [6.07, 6.45) is 6.62. The SMILES string of the molecule is O=C1C[C@]2(CCNC2)CN1c1cncnc1. The molecule has 2 fully saturated rings. The standard InChI is InChI=1S/C11H14N4O/c16-10-3-11(1-2-12-6-11)7-15(10)9-4-13-8-14-5-9/h4-5,8,12H,1-3,6-7H2/t11-/m0/s1. The molecule has 0 bridgehead atoms. The van der Waals surface area contributed by atoms with Gasteiger partial charge >= 0.3 is 0 Å². The van der Waals surface area contributed by atoms with Gasteiger partial charge in [-0.15, -0.1) is 0 Å². The number of nitrogens with zero attached hydrogens (tertiary/aromatic N) is 3. The van der Waals surface area contributed by atoms with Crippen LogP contribution in [0, 0.1) is 5.41 Å². The van der Waals surface area contributed by atoms with E-state index in [1.165, 1.54) is 6.33 Å². The van der Waals surface area contributed by atoms with Crippen molar-refractivity contribution >= 4 is 11.6 Å². The van der Waals surface area contributed by atoms with Crippen molar-refractivity contribution < 1.29 is 4.79 Å². The quantitative estimate of drug-likeness (QED) is 0.731. The van der Waals surface area contributed by atoms with Crippen LogP contribution in [0.25, 0.3) is 0 Å². The number of nitrogens with one attached hydrogen (secondary N) is 1. The van der Waals surface area contributed by atoms with Gasteiger partial charge in [-0.3, -0.25) is 4.79 Å². The van der Waals surface area contributed by atoms with Crippen molar-refractivity contribution in [1.29, 1.82) is 0 Å². The molecule has 1 amide bonds. The zero-order valence-corrected chi connectivity index (χ0v) is 9.02. The largest absolute Gasteiger partial charge is 0.316 e. The molecule has 1 atom stereocenters. The molecule has 3 rings (SSSR count). The summed E-state index contributed by atoms with van der Waals surface area (Å²) in [4.78, 5) is 21.7. The van der Waals surface area contributed by atoms with Crippen molar-refractivity contribution in [3.05, 3.63) is 18.7 Å². The number of carbonyl (C=O) groups is 1. The first-order valence-electron chi connectivity index (χ1n) is 5.55. The first-order chi connectivity index (χ1) is 7.79.